The average Bonchev–Trinajstić information content (AvgIpc) is 2.94. The molecule has 0 radical (unpaired) electrons. The number of nitrogens with zero attached hydrogens (tertiary/aromatic N) is 4. The molecule has 1 unspecified atom stereocenters. The molecule has 0 spiro atoms. The monoisotopic (exact) mass is 341 g/mol. The summed E-state index contributed by atoms with van der Waals surface area (Å²) in [6.45, 7) is 3.66. The van der Waals surface area contributed by atoms with Gasteiger partial charge >= 0.3 is 0 Å². The minimum absolute atomic E-state index is 0.239. The van der Waals surface area contributed by atoms with Crippen molar-refractivity contribution in [1.29, 1.82) is 0 Å². The van der Waals surface area contributed by atoms with E-state index in [0.29, 0.717) is 15.6 Å². The molecule has 3 rings (SSSR count). The van der Waals surface area contributed by atoms with Crippen LogP contribution in [0.5, 0.6) is 0 Å². The number of rotatable bonds is 2. The van der Waals surface area contributed by atoms with Gasteiger partial charge in [-0.05, 0) is 0 Å². The molecule has 1 saturated heterocycles. The summed E-state index contributed by atoms with van der Waals surface area (Å²) in [5.41, 5.74) is 6.55. The van der Waals surface area contributed by atoms with Crippen LogP contribution in [-0.4, -0.2) is 48.0 Å². The summed E-state index contributed by atoms with van der Waals surface area (Å²) in [6, 6.07) is 0. The van der Waals surface area contributed by atoms with Crippen LogP contribution < -0.4 is 5.73 Å². The number of ether oxygens (including phenoxy) is 1. The van der Waals surface area contributed by atoms with Gasteiger partial charge in [-0.25, -0.2) is 15.0 Å². The zero-order valence-corrected chi connectivity index (χ0v) is 11.8. The van der Waals surface area contributed by atoms with E-state index in [1.54, 1.807) is 0 Å². The largest absolute Gasteiger partial charge is 0.387 e. The smallest absolute Gasteiger partial charge is 0.167 e. The molecule has 0 bridgehead atoms. The lowest BCUT2D eigenvalue weighted by atomic mass is 10.1. The number of imidazole rings is 1. The van der Waals surface area contributed by atoms with E-state index in [-0.39, 0.29) is 5.82 Å². The minimum Gasteiger partial charge on any atom is -0.387 e. The molecule has 0 aromatic carbocycles. The summed E-state index contributed by atoms with van der Waals surface area (Å²) in [5.74, 6) is 0.239. The van der Waals surface area contributed by atoms with Gasteiger partial charge in [-0.1, -0.05) is 22.5 Å². The summed E-state index contributed by atoms with van der Waals surface area (Å²) < 4.78 is 7.58. The number of aromatic nitrogens is 4. The number of fused-ring (bicyclic) bond motifs is 1. The van der Waals surface area contributed by atoms with E-state index >= 15 is 0 Å². The number of hydrogen-bond acceptors (Lipinski definition) is 7. The highest BCUT2D eigenvalue weighted by atomic mass is 79.9. The standard InChI is InChI=1S/C11H12BrN5O3/c1-4(12)8-6(18)7(19)11(20-8)17-3-16-5-9(13)14-2-15-10(5)17/h2-3,6-8,11,18-19H,1H2,(H2,13,14,15)/t6-,7+,8+,11?/m0/s1. The molecule has 20 heavy (non-hydrogen) atoms. The Bertz CT molecular complexity index is 675. The normalized spacial score (nSPS) is 29.9. The van der Waals surface area contributed by atoms with E-state index in [2.05, 4.69) is 37.5 Å². The molecular formula is C11H12BrN5O3. The van der Waals surface area contributed by atoms with Crippen LogP contribution >= 0.6 is 15.9 Å². The van der Waals surface area contributed by atoms with Gasteiger partial charge in [0.1, 0.15) is 30.2 Å². The van der Waals surface area contributed by atoms with E-state index in [4.69, 9.17) is 10.5 Å². The number of hydrogen-bond donors (Lipinski definition) is 3. The molecule has 9 heteroatoms. The third-order valence-electron chi connectivity index (χ3n) is 3.21. The third-order valence-corrected chi connectivity index (χ3v) is 3.66. The molecule has 1 aliphatic rings. The van der Waals surface area contributed by atoms with Crippen molar-refractivity contribution < 1.29 is 14.9 Å². The molecular weight excluding hydrogens is 330 g/mol. The molecule has 8 nitrogen and oxygen atoms in total. The third kappa shape index (κ3) is 1.90. The first kappa shape index (κ1) is 13.4. The quantitative estimate of drug-likeness (QED) is 0.699. The molecule has 2 aromatic heterocycles. The van der Waals surface area contributed by atoms with E-state index < -0.39 is 24.5 Å². The molecule has 3 heterocycles. The maximum Gasteiger partial charge on any atom is 0.167 e. The number of nitrogens with two attached hydrogens (primary N) is 1. The lowest BCUT2D eigenvalue weighted by molar-refractivity contribution is -0.0248. The van der Waals surface area contributed by atoms with Crippen molar-refractivity contribution >= 4 is 32.9 Å². The Labute approximate surface area is 122 Å². The number of halogens is 1. The first-order valence-corrected chi connectivity index (χ1v) is 6.59. The molecule has 0 amide bonds. The van der Waals surface area contributed by atoms with E-state index in [0.717, 1.165) is 0 Å². The van der Waals surface area contributed by atoms with Crippen molar-refractivity contribution in [1.82, 2.24) is 19.5 Å². The SMILES string of the molecule is C=C(Br)[C@H]1OC(n2cnc3c(N)ncnc32)[C@H](O)[C@@H]1O. The number of nitrogen functional groups attached to an aromatic ring is 1. The van der Waals surface area contributed by atoms with Gasteiger partial charge in [-0.15, -0.1) is 0 Å². The van der Waals surface area contributed by atoms with Crippen molar-refractivity contribution in [2.45, 2.75) is 24.5 Å². The Morgan fingerprint density at radius 3 is 2.75 bits per heavy atom. The number of anilines is 1. The zero-order valence-electron chi connectivity index (χ0n) is 10.2. The highest BCUT2D eigenvalue weighted by Crippen LogP contribution is 2.35. The van der Waals surface area contributed by atoms with Gasteiger partial charge in [0, 0.05) is 4.48 Å². The van der Waals surface area contributed by atoms with Crippen LogP contribution in [0.3, 0.4) is 0 Å². The fourth-order valence-electron chi connectivity index (χ4n) is 2.20. The molecule has 4 atom stereocenters. The lowest BCUT2D eigenvalue weighted by Crippen LogP contribution is -2.31. The second-order valence-corrected chi connectivity index (χ2v) is 5.48. The summed E-state index contributed by atoms with van der Waals surface area (Å²) in [6.07, 6.45) is -1.04. The first-order chi connectivity index (χ1) is 9.50. The van der Waals surface area contributed by atoms with Crippen LogP contribution in [0, 0.1) is 0 Å². The first-order valence-electron chi connectivity index (χ1n) is 5.79. The Morgan fingerprint density at radius 2 is 2.10 bits per heavy atom. The molecule has 1 fully saturated rings. The van der Waals surface area contributed by atoms with Gasteiger partial charge < -0.3 is 20.7 Å². The van der Waals surface area contributed by atoms with E-state index in [1.807, 2.05) is 0 Å². The van der Waals surface area contributed by atoms with Gasteiger partial charge in [0.05, 0.1) is 6.33 Å². The molecule has 106 valence electrons. The van der Waals surface area contributed by atoms with Crippen LogP contribution in [0.15, 0.2) is 23.7 Å². The highest BCUT2D eigenvalue weighted by Gasteiger charge is 2.45. The summed E-state index contributed by atoms with van der Waals surface area (Å²) in [7, 11) is 0. The number of aliphatic hydroxyl groups is 2. The second-order valence-electron chi connectivity index (χ2n) is 4.46. The average molecular weight is 342 g/mol. The summed E-state index contributed by atoms with van der Waals surface area (Å²) in [5, 5.41) is 20.1. The molecule has 2 aromatic rings. The zero-order chi connectivity index (χ0) is 14.4. The second kappa shape index (κ2) is 4.77. The van der Waals surface area contributed by atoms with Crippen LogP contribution in [0.4, 0.5) is 5.82 Å². The topological polar surface area (TPSA) is 119 Å². The van der Waals surface area contributed by atoms with E-state index in [9.17, 15) is 10.2 Å². The fraction of sp³-hybridized carbons (Fsp3) is 0.364. The van der Waals surface area contributed by atoms with Gasteiger partial charge in [0.2, 0.25) is 0 Å². The highest BCUT2D eigenvalue weighted by molar-refractivity contribution is 9.11. The Kier molecular flexibility index (Phi) is 3.21. The Hall–Kier alpha value is -1.55. The maximum absolute atomic E-state index is 10.1. The minimum atomic E-state index is -1.14. The van der Waals surface area contributed by atoms with Crippen molar-refractivity contribution in [2.24, 2.45) is 0 Å². The van der Waals surface area contributed by atoms with Crippen molar-refractivity contribution in [2.75, 3.05) is 5.73 Å². The lowest BCUT2D eigenvalue weighted by Gasteiger charge is -2.16. The van der Waals surface area contributed by atoms with Crippen LogP contribution in [0.2, 0.25) is 0 Å². The van der Waals surface area contributed by atoms with Gasteiger partial charge in [-0.2, -0.15) is 0 Å². The van der Waals surface area contributed by atoms with Gasteiger partial charge in [0.15, 0.2) is 17.7 Å². The van der Waals surface area contributed by atoms with E-state index in [1.165, 1.54) is 17.2 Å². The van der Waals surface area contributed by atoms with Crippen molar-refractivity contribution in [3.8, 4) is 0 Å². The van der Waals surface area contributed by atoms with Crippen molar-refractivity contribution in [3.05, 3.63) is 23.7 Å². The van der Waals surface area contributed by atoms with Crippen LogP contribution in [0.25, 0.3) is 11.2 Å². The maximum atomic E-state index is 10.1. The fourth-order valence-corrected chi connectivity index (χ4v) is 2.58. The summed E-state index contributed by atoms with van der Waals surface area (Å²) in [4.78, 5) is 12.0. The Balaban J connectivity index is 2.04. The van der Waals surface area contributed by atoms with Crippen molar-refractivity contribution in [3.63, 3.8) is 0 Å². The predicted octanol–water partition coefficient (Wildman–Crippen LogP) is -0.0637. The van der Waals surface area contributed by atoms with Gasteiger partial charge in [-0.3, -0.25) is 4.57 Å². The van der Waals surface area contributed by atoms with Gasteiger partial charge in [0.25, 0.3) is 0 Å². The predicted molar refractivity (Wildman–Crippen MR) is 73.7 cm³/mol. The van der Waals surface area contributed by atoms with Crippen LogP contribution in [0.1, 0.15) is 6.23 Å². The Morgan fingerprint density at radius 1 is 1.35 bits per heavy atom. The number of aliphatic hydroxyl groups excluding tert-OH is 2. The molecule has 0 aliphatic carbocycles. The molecule has 4 N–H and O–H groups in total. The summed E-state index contributed by atoms with van der Waals surface area (Å²) >= 11 is 3.16. The molecule has 1 aliphatic heterocycles. The molecule has 0 saturated carbocycles. The van der Waals surface area contributed by atoms with Crippen LogP contribution in [-0.2, 0) is 4.74 Å².